The molecule has 3 N–H and O–H groups in total. The fourth-order valence-corrected chi connectivity index (χ4v) is 3.14. The Morgan fingerprint density at radius 2 is 2.15 bits per heavy atom. The molecule has 7 heteroatoms. The SMILES string of the molecule is CCNC(=NCc1cc2ccccc2[nH]1)NCCCN1CCCC1=O.I. The maximum Gasteiger partial charge on any atom is 0.222 e. The molecule has 26 heavy (non-hydrogen) atoms. The number of rotatable bonds is 7. The molecule has 0 bridgehead atoms. The second-order valence-electron chi connectivity index (χ2n) is 6.34. The Balaban J connectivity index is 0.00000243. The first-order valence-corrected chi connectivity index (χ1v) is 9.13. The maximum absolute atomic E-state index is 11.6. The van der Waals surface area contributed by atoms with Crippen LogP contribution in [-0.4, -0.2) is 47.9 Å². The molecule has 0 aliphatic carbocycles. The summed E-state index contributed by atoms with van der Waals surface area (Å²) in [4.78, 5) is 21.6. The molecule has 0 saturated carbocycles. The first-order valence-electron chi connectivity index (χ1n) is 9.13. The quantitative estimate of drug-likeness (QED) is 0.253. The third kappa shape index (κ3) is 5.62. The number of amides is 1. The van der Waals surface area contributed by atoms with Gasteiger partial charge in [-0.3, -0.25) is 4.79 Å². The number of carbonyl (C=O) groups is 1. The Bertz CT molecular complexity index is 709. The molecule has 1 aliphatic heterocycles. The van der Waals surface area contributed by atoms with Crippen LogP contribution in [-0.2, 0) is 11.3 Å². The molecule has 0 atom stereocenters. The van der Waals surface area contributed by atoms with Gasteiger partial charge < -0.3 is 20.5 Å². The van der Waals surface area contributed by atoms with Gasteiger partial charge in [-0.15, -0.1) is 24.0 Å². The minimum Gasteiger partial charge on any atom is -0.357 e. The minimum absolute atomic E-state index is 0. The molecule has 1 amide bonds. The van der Waals surface area contributed by atoms with Crippen molar-refractivity contribution >= 4 is 46.7 Å². The van der Waals surface area contributed by atoms with Gasteiger partial charge in [0, 0.05) is 43.8 Å². The average molecular weight is 469 g/mol. The number of aromatic nitrogens is 1. The van der Waals surface area contributed by atoms with E-state index in [0.29, 0.717) is 18.9 Å². The predicted molar refractivity (Wildman–Crippen MR) is 117 cm³/mol. The van der Waals surface area contributed by atoms with Crippen LogP contribution < -0.4 is 10.6 Å². The molecule has 6 nitrogen and oxygen atoms in total. The summed E-state index contributed by atoms with van der Waals surface area (Å²) in [5.74, 6) is 1.10. The molecular formula is C19H28IN5O. The van der Waals surface area contributed by atoms with Gasteiger partial charge in [-0.25, -0.2) is 4.99 Å². The normalized spacial score (nSPS) is 14.6. The number of hydrogen-bond donors (Lipinski definition) is 3. The van der Waals surface area contributed by atoms with Crippen molar-refractivity contribution in [1.82, 2.24) is 20.5 Å². The lowest BCUT2D eigenvalue weighted by molar-refractivity contribution is -0.127. The van der Waals surface area contributed by atoms with E-state index in [9.17, 15) is 4.79 Å². The van der Waals surface area contributed by atoms with E-state index >= 15 is 0 Å². The molecule has 1 aromatic heterocycles. The zero-order valence-electron chi connectivity index (χ0n) is 15.3. The smallest absolute Gasteiger partial charge is 0.222 e. The van der Waals surface area contributed by atoms with Crippen LogP contribution in [0.25, 0.3) is 10.9 Å². The number of carbonyl (C=O) groups excluding carboxylic acids is 1. The van der Waals surface area contributed by atoms with Gasteiger partial charge in [-0.2, -0.15) is 0 Å². The molecule has 2 aromatic rings. The standard InChI is InChI=1S/C19H27N5O.HI/c1-2-20-19(21-10-6-12-24-11-5-9-18(24)25)22-14-16-13-15-7-3-4-8-17(15)23-16;/h3-4,7-8,13,23H,2,5-6,9-12,14H2,1H3,(H2,20,21,22);1H. The summed E-state index contributed by atoms with van der Waals surface area (Å²) in [6.07, 6.45) is 2.64. The Morgan fingerprint density at radius 1 is 1.31 bits per heavy atom. The topological polar surface area (TPSA) is 72.5 Å². The summed E-state index contributed by atoms with van der Waals surface area (Å²) in [6, 6.07) is 10.4. The van der Waals surface area contributed by atoms with Crippen molar-refractivity contribution in [3.05, 3.63) is 36.0 Å². The van der Waals surface area contributed by atoms with Crippen molar-refractivity contribution in [1.29, 1.82) is 0 Å². The highest BCUT2D eigenvalue weighted by molar-refractivity contribution is 14.0. The fourth-order valence-electron chi connectivity index (χ4n) is 3.14. The van der Waals surface area contributed by atoms with Crippen LogP contribution in [0.15, 0.2) is 35.3 Å². The summed E-state index contributed by atoms with van der Waals surface area (Å²) < 4.78 is 0. The van der Waals surface area contributed by atoms with Gasteiger partial charge in [0.25, 0.3) is 0 Å². The van der Waals surface area contributed by atoms with Gasteiger partial charge in [-0.05, 0) is 37.3 Å². The average Bonchev–Trinajstić information content (AvgIpc) is 3.22. The second-order valence-corrected chi connectivity index (χ2v) is 6.34. The lowest BCUT2D eigenvalue weighted by atomic mass is 10.2. The number of hydrogen-bond acceptors (Lipinski definition) is 2. The van der Waals surface area contributed by atoms with E-state index in [4.69, 9.17) is 0 Å². The molecule has 0 unspecified atom stereocenters. The van der Waals surface area contributed by atoms with Crippen molar-refractivity contribution in [3.63, 3.8) is 0 Å². The van der Waals surface area contributed by atoms with Crippen LogP contribution in [0.4, 0.5) is 0 Å². The highest BCUT2D eigenvalue weighted by Crippen LogP contribution is 2.15. The van der Waals surface area contributed by atoms with Crippen LogP contribution in [0.2, 0.25) is 0 Å². The molecular weight excluding hydrogens is 441 g/mol. The van der Waals surface area contributed by atoms with Crippen molar-refractivity contribution in [2.45, 2.75) is 32.7 Å². The zero-order chi connectivity index (χ0) is 17.5. The van der Waals surface area contributed by atoms with Crippen molar-refractivity contribution in [2.75, 3.05) is 26.2 Å². The van der Waals surface area contributed by atoms with E-state index in [0.717, 1.165) is 56.2 Å². The summed E-state index contributed by atoms with van der Waals surface area (Å²) in [5.41, 5.74) is 2.24. The maximum atomic E-state index is 11.6. The minimum atomic E-state index is 0. The number of nitrogens with zero attached hydrogens (tertiary/aromatic N) is 2. The number of likely N-dealkylation sites (tertiary alicyclic amines) is 1. The Kier molecular flexibility index (Phi) is 8.21. The molecule has 1 aliphatic rings. The molecule has 1 saturated heterocycles. The lowest BCUT2D eigenvalue weighted by Crippen LogP contribution is -2.39. The number of aromatic amines is 1. The number of guanidine groups is 1. The van der Waals surface area contributed by atoms with Crippen LogP contribution in [0, 0.1) is 0 Å². The van der Waals surface area contributed by atoms with Crippen molar-refractivity contribution in [3.8, 4) is 0 Å². The van der Waals surface area contributed by atoms with Gasteiger partial charge in [-0.1, -0.05) is 18.2 Å². The molecule has 1 fully saturated rings. The predicted octanol–water partition coefficient (Wildman–Crippen LogP) is 2.85. The molecule has 0 radical (unpaired) electrons. The highest BCUT2D eigenvalue weighted by atomic mass is 127. The van der Waals surface area contributed by atoms with Gasteiger partial charge in [0.15, 0.2) is 5.96 Å². The first-order chi connectivity index (χ1) is 12.3. The van der Waals surface area contributed by atoms with E-state index in [1.54, 1.807) is 0 Å². The largest absolute Gasteiger partial charge is 0.357 e. The molecule has 0 spiro atoms. The number of fused-ring (bicyclic) bond motifs is 1. The summed E-state index contributed by atoms with van der Waals surface area (Å²) in [7, 11) is 0. The molecule has 1 aromatic carbocycles. The van der Waals surface area contributed by atoms with Crippen LogP contribution in [0.3, 0.4) is 0 Å². The molecule has 142 valence electrons. The Morgan fingerprint density at radius 3 is 2.88 bits per heavy atom. The van der Waals surface area contributed by atoms with Crippen LogP contribution in [0.5, 0.6) is 0 Å². The first kappa shape index (κ1) is 20.5. The highest BCUT2D eigenvalue weighted by Gasteiger charge is 2.18. The summed E-state index contributed by atoms with van der Waals surface area (Å²) in [5, 5.41) is 7.83. The number of aliphatic imine (C=N–C) groups is 1. The number of para-hydroxylation sites is 1. The van der Waals surface area contributed by atoms with Gasteiger partial charge in [0.1, 0.15) is 0 Å². The monoisotopic (exact) mass is 469 g/mol. The number of H-pyrrole nitrogens is 1. The summed E-state index contributed by atoms with van der Waals surface area (Å²) in [6.45, 7) is 6.03. The van der Waals surface area contributed by atoms with Gasteiger partial charge >= 0.3 is 0 Å². The van der Waals surface area contributed by atoms with Crippen LogP contribution in [0.1, 0.15) is 31.9 Å². The third-order valence-electron chi connectivity index (χ3n) is 4.41. The van der Waals surface area contributed by atoms with E-state index in [-0.39, 0.29) is 24.0 Å². The zero-order valence-corrected chi connectivity index (χ0v) is 17.6. The van der Waals surface area contributed by atoms with E-state index < -0.39 is 0 Å². The number of halogens is 1. The Hall–Kier alpha value is -1.77. The fraction of sp³-hybridized carbons (Fsp3) is 0.474. The van der Waals surface area contributed by atoms with E-state index in [1.165, 1.54) is 5.39 Å². The van der Waals surface area contributed by atoms with E-state index in [2.05, 4.69) is 45.7 Å². The molecule has 2 heterocycles. The van der Waals surface area contributed by atoms with Crippen molar-refractivity contribution in [2.24, 2.45) is 4.99 Å². The summed E-state index contributed by atoms with van der Waals surface area (Å²) >= 11 is 0. The number of benzene rings is 1. The van der Waals surface area contributed by atoms with Gasteiger partial charge in [0.2, 0.25) is 5.91 Å². The Labute approximate surface area is 171 Å². The van der Waals surface area contributed by atoms with Crippen LogP contribution >= 0.6 is 24.0 Å². The van der Waals surface area contributed by atoms with E-state index in [1.807, 2.05) is 17.0 Å². The number of nitrogens with one attached hydrogen (secondary N) is 3. The molecule has 3 rings (SSSR count). The third-order valence-corrected chi connectivity index (χ3v) is 4.41. The second kappa shape index (κ2) is 10.4. The lowest BCUT2D eigenvalue weighted by Gasteiger charge is -2.16. The van der Waals surface area contributed by atoms with Gasteiger partial charge in [0.05, 0.1) is 6.54 Å². The van der Waals surface area contributed by atoms with Crippen molar-refractivity contribution < 1.29 is 4.79 Å².